The van der Waals surface area contributed by atoms with E-state index in [2.05, 4.69) is 5.32 Å². The summed E-state index contributed by atoms with van der Waals surface area (Å²) in [7, 11) is -4.46. The van der Waals surface area contributed by atoms with Crippen LogP contribution in [0.3, 0.4) is 0 Å². The zero-order valence-electron chi connectivity index (χ0n) is 9.94. The maximum absolute atomic E-state index is 12.1. The molecule has 2 N–H and O–H groups in total. The highest BCUT2D eigenvalue weighted by Gasteiger charge is 2.35. The number of hydrogen-bond acceptors (Lipinski definition) is 3. The van der Waals surface area contributed by atoms with Crippen molar-refractivity contribution in [3.63, 3.8) is 0 Å². The van der Waals surface area contributed by atoms with E-state index in [4.69, 9.17) is 0 Å². The third-order valence-electron chi connectivity index (χ3n) is 2.48. The van der Waals surface area contributed by atoms with Crippen molar-refractivity contribution >= 4 is 27.5 Å². The van der Waals surface area contributed by atoms with Crippen LogP contribution in [0.1, 0.15) is 0 Å². The highest BCUT2D eigenvalue weighted by molar-refractivity contribution is 7.91. The molecule has 1 aromatic carbocycles. The van der Waals surface area contributed by atoms with Crippen LogP contribution in [0.25, 0.3) is 0 Å². The van der Waals surface area contributed by atoms with Gasteiger partial charge in [0.1, 0.15) is 13.1 Å². The number of anilines is 2. The molecule has 20 heavy (non-hydrogen) atoms. The topological polar surface area (TPSA) is 78.5 Å². The Hall–Kier alpha value is -1.81. The van der Waals surface area contributed by atoms with Gasteiger partial charge in [0.15, 0.2) is 0 Å². The molecular formula is C10H10F3N3O3S. The van der Waals surface area contributed by atoms with Crippen molar-refractivity contribution in [3.05, 3.63) is 24.3 Å². The Morgan fingerprint density at radius 3 is 2.60 bits per heavy atom. The summed E-state index contributed by atoms with van der Waals surface area (Å²) in [6.07, 6.45) is -4.68. The van der Waals surface area contributed by atoms with Crippen molar-refractivity contribution in [1.29, 1.82) is 0 Å². The summed E-state index contributed by atoms with van der Waals surface area (Å²) in [6.45, 7) is -2.28. The zero-order valence-corrected chi connectivity index (χ0v) is 10.8. The normalized spacial score (nSPS) is 15.8. The largest absolute Gasteiger partial charge is 0.402 e. The predicted molar refractivity (Wildman–Crippen MR) is 65.4 cm³/mol. The molecule has 0 atom stereocenters. The zero-order chi connectivity index (χ0) is 15.0. The van der Waals surface area contributed by atoms with Crippen LogP contribution in [0.15, 0.2) is 24.3 Å². The Morgan fingerprint density at radius 1 is 1.30 bits per heavy atom. The minimum Gasteiger partial charge on any atom is -0.323 e. The number of alkyl halides is 3. The van der Waals surface area contributed by atoms with E-state index in [1.807, 2.05) is 0 Å². The number of carbonyl (C=O) groups excluding carboxylic acids is 1. The Labute approximate surface area is 112 Å². The summed E-state index contributed by atoms with van der Waals surface area (Å²) in [4.78, 5) is 11.4. The second kappa shape index (κ2) is 4.94. The van der Waals surface area contributed by atoms with Crippen LogP contribution in [0, 0.1) is 0 Å². The maximum Gasteiger partial charge on any atom is 0.402 e. The molecule has 1 aliphatic heterocycles. The third-order valence-corrected chi connectivity index (χ3v) is 3.89. The van der Waals surface area contributed by atoms with Gasteiger partial charge in [-0.2, -0.15) is 26.3 Å². The fourth-order valence-corrected chi connectivity index (χ4v) is 2.87. The van der Waals surface area contributed by atoms with Gasteiger partial charge in [-0.05, 0) is 12.1 Å². The molecule has 1 aromatic rings. The molecule has 110 valence electrons. The average Bonchev–Trinajstić information content (AvgIpc) is 2.35. The molecule has 1 amide bonds. The lowest BCUT2D eigenvalue weighted by Crippen LogP contribution is -2.49. The number of benzene rings is 1. The smallest absolute Gasteiger partial charge is 0.323 e. The minimum absolute atomic E-state index is 0.113. The van der Waals surface area contributed by atoms with Gasteiger partial charge < -0.3 is 5.32 Å². The summed E-state index contributed by atoms with van der Waals surface area (Å²) in [5.41, 5.74) is 0.336. The second-order valence-corrected chi connectivity index (χ2v) is 5.69. The fourth-order valence-electron chi connectivity index (χ4n) is 1.67. The van der Waals surface area contributed by atoms with Crippen molar-refractivity contribution in [2.75, 3.05) is 22.7 Å². The van der Waals surface area contributed by atoms with Gasteiger partial charge in [0.2, 0.25) is 5.91 Å². The molecule has 2 rings (SSSR count). The number of halogens is 3. The highest BCUT2D eigenvalue weighted by Crippen LogP contribution is 2.30. The molecule has 0 unspecified atom stereocenters. The minimum atomic E-state index is -4.68. The van der Waals surface area contributed by atoms with Crippen molar-refractivity contribution < 1.29 is 26.4 Å². The Bertz CT molecular complexity index is 630. The number of amides is 1. The van der Waals surface area contributed by atoms with Crippen LogP contribution >= 0.6 is 0 Å². The number of nitrogens with one attached hydrogen (secondary N) is 2. The molecule has 0 bridgehead atoms. The van der Waals surface area contributed by atoms with E-state index >= 15 is 0 Å². The van der Waals surface area contributed by atoms with E-state index in [1.54, 1.807) is 6.07 Å². The standard InChI is InChI=1S/C10H10F3N3O3S/c11-10(12,13)6-14-20(18,19)16-5-9(17)15-7-3-1-2-4-8(7)16/h1-4,14H,5-6H2,(H,15,17). The molecule has 10 heteroatoms. The summed E-state index contributed by atoms with van der Waals surface area (Å²) >= 11 is 0. The Kier molecular flexibility index (Phi) is 3.61. The molecule has 0 fully saturated rings. The van der Waals surface area contributed by atoms with E-state index in [9.17, 15) is 26.4 Å². The van der Waals surface area contributed by atoms with Crippen LogP contribution in [0.4, 0.5) is 24.5 Å². The quantitative estimate of drug-likeness (QED) is 0.868. The second-order valence-electron chi connectivity index (χ2n) is 4.01. The summed E-state index contributed by atoms with van der Waals surface area (Å²) < 4.78 is 62.1. The monoisotopic (exact) mass is 309 g/mol. The first-order valence-electron chi connectivity index (χ1n) is 5.42. The van der Waals surface area contributed by atoms with Crippen LogP contribution in [0.2, 0.25) is 0 Å². The molecule has 0 saturated carbocycles. The number of carbonyl (C=O) groups is 1. The molecule has 1 heterocycles. The van der Waals surface area contributed by atoms with Gasteiger partial charge >= 0.3 is 16.4 Å². The lowest BCUT2D eigenvalue weighted by molar-refractivity contribution is -0.121. The van der Waals surface area contributed by atoms with Crippen molar-refractivity contribution in [3.8, 4) is 0 Å². The Balaban J connectivity index is 2.30. The summed E-state index contributed by atoms with van der Waals surface area (Å²) in [5, 5.41) is 2.44. The molecule has 1 aliphatic rings. The van der Waals surface area contributed by atoms with Gasteiger partial charge in [0.25, 0.3) is 0 Å². The SMILES string of the molecule is O=C1CN(S(=O)(=O)NCC(F)(F)F)c2ccccc2N1. The molecular weight excluding hydrogens is 299 g/mol. The lowest BCUT2D eigenvalue weighted by Gasteiger charge is -2.30. The number of para-hydroxylation sites is 2. The van der Waals surface area contributed by atoms with E-state index in [0.29, 0.717) is 4.31 Å². The number of fused-ring (bicyclic) bond motifs is 1. The van der Waals surface area contributed by atoms with Crippen LogP contribution in [-0.4, -0.2) is 33.6 Å². The van der Waals surface area contributed by atoms with Gasteiger partial charge in [0, 0.05) is 0 Å². The van der Waals surface area contributed by atoms with Crippen molar-refractivity contribution in [1.82, 2.24) is 4.72 Å². The van der Waals surface area contributed by atoms with E-state index in [-0.39, 0.29) is 11.4 Å². The first-order valence-corrected chi connectivity index (χ1v) is 6.86. The molecule has 6 nitrogen and oxygen atoms in total. The molecule has 0 aromatic heterocycles. The number of rotatable bonds is 3. The fraction of sp³-hybridized carbons (Fsp3) is 0.300. The van der Waals surface area contributed by atoms with E-state index < -0.39 is 35.4 Å². The Morgan fingerprint density at radius 2 is 1.95 bits per heavy atom. The van der Waals surface area contributed by atoms with Gasteiger partial charge in [-0.1, -0.05) is 12.1 Å². The lowest BCUT2D eigenvalue weighted by atomic mass is 10.2. The van der Waals surface area contributed by atoms with Gasteiger partial charge in [0.05, 0.1) is 11.4 Å². The van der Waals surface area contributed by atoms with Crippen LogP contribution in [-0.2, 0) is 15.0 Å². The third kappa shape index (κ3) is 3.20. The average molecular weight is 309 g/mol. The molecule has 0 radical (unpaired) electrons. The van der Waals surface area contributed by atoms with E-state index in [1.165, 1.54) is 22.9 Å². The predicted octanol–water partition coefficient (Wildman–Crippen LogP) is 0.842. The summed E-state index contributed by atoms with van der Waals surface area (Å²) in [5.74, 6) is -0.624. The number of hydrogen-bond donors (Lipinski definition) is 2. The molecule has 0 spiro atoms. The number of nitrogens with zero attached hydrogens (tertiary/aromatic N) is 1. The molecule has 0 saturated heterocycles. The van der Waals surface area contributed by atoms with Gasteiger partial charge in [-0.3, -0.25) is 4.79 Å². The van der Waals surface area contributed by atoms with Crippen LogP contribution < -0.4 is 14.3 Å². The van der Waals surface area contributed by atoms with Gasteiger partial charge in [-0.15, -0.1) is 0 Å². The van der Waals surface area contributed by atoms with Gasteiger partial charge in [-0.25, -0.2) is 4.31 Å². The van der Waals surface area contributed by atoms with Crippen molar-refractivity contribution in [2.24, 2.45) is 0 Å². The highest BCUT2D eigenvalue weighted by atomic mass is 32.2. The maximum atomic E-state index is 12.1. The first kappa shape index (κ1) is 14.6. The van der Waals surface area contributed by atoms with E-state index in [0.717, 1.165) is 0 Å². The summed E-state index contributed by atoms with van der Waals surface area (Å²) in [6, 6.07) is 5.93. The molecule has 0 aliphatic carbocycles. The first-order chi connectivity index (χ1) is 9.19. The van der Waals surface area contributed by atoms with Crippen molar-refractivity contribution in [2.45, 2.75) is 6.18 Å². The van der Waals surface area contributed by atoms with Crippen LogP contribution in [0.5, 0.6) is 0 Å².